The number of hydrogen-bond donors (Lipinski definition) is 2. The summed E-state index contributed by atoms with van der Waals surface area (Å²) in [5.41, 5.74) is 0. The summed E-state index contributed by atoms with van der Waals surface area (Å²) in [5.74, 6) is 1.57. The first-order chi connectivity index (χ1) is 11.6. The van der Waals surface area contributed by atoms with Gasteiger partial charge in [0.2, 0.25) is 0 Å². The Bertz CT molecular complexity index is 550. The van der Waals surface area contributed by atoms with E-state index >= 15 is 0 Å². The molecule has 2 rings (SSSR count). The average molecular weight is 337 g/mol. The van der Waals surface area contributed by atoms with Crippen LogP contribution in [0.15, 0.2) is 11.3 Å². The third-order valence-corrected chi connectivity index (χ3v) is 3.89. The molecule has 9 heteroatoms. The molecule has 2 heterocycles. The Kier molecular flexibility index (Phi) is 6.83. The first-order valence-electron chi connectivity index (χ1n) is 8.43. The lowest BCUT2D eigenvalue weighted by atomic mass is 10.1. The van der Waals surface area contributed by atoms with Crippen LogP contribution in [-0.4, -0.2) is 64.0 Å². The SMILES string of the molecule is CCNC(=NCc1ncnn1C)NC1CCN(C(=O)OCC)CC1. The van der Waals surface area contributed by atoms with E-state index in [9.17, 15) is 4.79 Å². The van der Waals surface area contributed by atoms with Crippen molar-refractivity contribution in [1.29, 1.82) is 0 Å². The fourth-order valence-corrected chi connectivity index (χ4v) is 2.55. The molecule has 0 bridgehead atoms. The zero-order valence-corrected chi connectivity index (χ0v) is 14.7. The Balaban J connectivity index is 1.85. The van der Waals surface area contributed by atoms with E-state index in [1.165, 1.54) is 6.33 Å². The summed E-state index contributed by atoms with van der Waals surface area (Å²) in [6.07, 6.45) is 3.04. The molecule has 1 aromatic heterocycles. The summed E-state index contributed by atoms with van der Waals surface area (Å²) < 4.78 is 6.76. The van der Waals surface area contributed by atoms with Crippen LogP contribution in [0.3, 0.4) is 0 Å². The molecule has 0 atom stereocenters. The summed E-state index contributed by atoms with van der Waals surface area (Å²) in [4.78, 5) is 22.2. The van der Waals surface area contributed by atoms with Crippen molar-refractivity contribution in [2.45, 2.75) is 39.3 Å². The zero-order valence-electron chi connectivity index (χ0n) is 14.7. The van der Waals surface area contributed by atoms with Crippen molar-refractivity contribution in [1.82, 2.24) is 30.3 Å². The number of likely N-dealkylation sites (tertiary alicyclic amines) is 1. The third kappa shape index (κ3) is 5.10. The first-order valence-corrected chi connectivity index (χ1v) is 8.43. The molecule has 1 fully saturated rings. The van der Waals surface area contributed by atoms with E-state index in [2.05, 4.69) is 25.7 Å². The van der Waals surface area contributed by atoms with Gasteiger partial charge in [-0.2, -0.15) is 5.10 Å². The first kappa shape index (κ1) is 18.0. The number of carbonyl (C=O) groups excluding carboxylic acids is 1. The van der Waals surface area contributed by atoms with E-state index in [0.29, 0.717) is 26.2 Å². The molecular formula is C15H27N7O2. The lowest BCUT2D eigenvalue weighted by molar-refractivity contribution is 0.0963. The van der Waals surface area contributed by atoms with Crippen LogP contribution in [-0.2, 0) is 18.3 Å². The highest BCUT2D eigenvalue weighted by molar-refractivity contribution is 5.80. The van der Waals surface area contributed by atoms with Gasteiger partial charge in [0.1, 0.15) is 18.7 Å². The molecule has 0 unspecified atom stereocenters. The van der Waals surface area contributed by atoms with Gasteiger partial charge in [0.05, 0.1) is 6.61 Å². The van der Waals surface area contributed by atoms with Crippen LogP contribution >= 0.6 is 0 Å². The molecule has 1 saturated heterocycles. The number of aliphatic imine (C=N–C) groups is 1. The van der Waals surface area contributed by atoms with Gasteiger partial charge in [0, 0.05) is 32.7 Å². The van der Waals surface area contributed by atoms with Crippen molar-refractivity contribution in [3.05, 3.63) is 12.2 Å². The standard InChI is InChI=1S/C15H27N7O2/c1-4-16-14(17-10-13-18-11-19-21(13)3)20-12-6-8-22(9-7-12)15(23)24-5-2/h11-12H,4-10H2,1-3H3,(H2,16,17,20). The summed E-state index contributed by atoms with van der Waals surface area (Å²) in [6.45, 7) is 6.90. The number of carbonyl (C=O) groups is 1. The summed E-state index contributed by atoms with van der Waals surface area (Å²) >= 11 is 0. The van der Waals surface area contributed by atoms with Gasteiger partial charge in [0.25, 0.3) is 0 Å². The smallest absolute Gasteiger partial charge is 0.409 e. The second-order valence-corrected chi connectivity index (χ2v) is 5.60. The molecule has 9 nitrogen and oxygen atoms in total. The number of rotatable bonds is 5. The Morgan fingerprint density at radius 2 is 2.17 bits per heavy atom. The fourth-order valence-electron chi connectivity index (χ4n) is 2.55. The molecule has 0 saturated carbocycles. The molecule has 1 aromatic rings. The van der Waals surface area contributed by atoms with Gasteiger partial charge in [-0.15, -0.1) is 0 Å². The minimum atomic E-state index is -0.223. The largest absolute Gasteiger partial charge is 0.450 e. The molecule has 2 N–H and O–H groups in total. The van der Waals surface area contributed by atoms with Gasteiger partial charge in [0.15, 0.2) is 5.96 Å². The van der Waals surface area contributed by atoms with Crippen LogP contribution in [0.1, 0.15) is 32.5 Å². The normalized spacial score (nSPS) is 16.1. The van der Waals surface area contributed by atoms with Crippen LogP contribution in [0.25, 0.3) is 0 Å². The molecule has 134 valence electrons. The van der Waals surface area contributed by atoms with Crippen molar-refractivity contribution in [2.75, 3.05) is 26.2 Å². The van der Waals surface area contributed by atoms with Crippen molar-refractivity contribution in [3.63, 3.8) is 0 Å². The number of nitrogens with one attached hydrogen (secondary N) is 2. The summed E-state index contributed by atoms with van der Waals surface area (Å²) in [6, 6.07) is 0.285. The van der Waals surface area contributed by atoms with E-state index in [-0.39, 0.29) is 12.1 Å². The maximum absolute atomic E-state index is 11.7. The van der Waals surface area contributed by atoms with Crippen molar-refractivity contribution in [2.24, 2.45) is 12.0 Å². The van der Waals surface area contributed by atoms with Crippen LogP contribution in [0.2, 0.25) is 0 Å². The zero-order chi connectivity index (χ0) is 17.4. The lowest BCUT2D eigenvalue weighted by Crippen LogP contribution is -2.49. The molecule has 0 aliphatic carbocycles. The number of hydrogen-bond acceptors (Lipinski definition) is 5. The Morgan fingerprint density at radius 1 is 1.42 bits per heavy atom. The van der Waals surface area contributed by atoms with Crippen LogP contribution in [0.5, 0.6) is 0 Å². The predicted molar refractivity (Wildman–Crippen MR) is 90.6 cm³/mol. The fraction of sp³-hybridized carbons (Fsp3) is 0.733. The quantitative estimate of drug-likeness (QED) is 0.600. The number of piperidine rings is 1. The Morgan fingerprint density at radius 3 is 2.75 bits per heavy atom. The molecule has 0 spiro atoms. The molecule has 24 heavy (non-hydrogen) atoms. The van der Waals surface area contributed by atoms with E-state index in [1.807, 2.05) is 20.9 Å². The minimum absolute atomic E-state index is 0.223. The number of nitrogens with zero attached hydrogens (tertiary/aromatic N) is 5. The maximum atomic E-state index is 11.7. The highest BCUT2D eigenvalue weighted by atomic mass is 16.6. The van der Waals surface area contributed by atoms with Crippen LogP contribution in [0, 0.1) is 0 Å². The molecule has 0 radical (unpaired) electrons. The van der Waals surface area contributed by atoms with Gasteiger partial charge >= 0.3 is 6.09 Å². The molecule has 0 aromatic carbocycles. The predicted octanol–water partition coefficient (Wildman–Crippen LogP) is 0.491. The topological polar surface area (TPSA) is 96.7 Å². The number of guanidine groups is 1. The van der Waals surface area contributed by atoms with Gasteiger partial charge in [-0.05, 0) is 26.7 Å². The van der Waals surface area contributed by atoms with E-state index in [0.717, 1.165) is 31.2 Å². The summed E-state index contributed by atoms with van der Waals surface area (Å²) in [5, 5.41) is 10.7. The van der Waals surface area contributed by atoms with Crippen molar-refractivity contribution < 1.29 is 9.53 Å². The molecule has 1 aliphatic heterocycles. The molecular weight excluding hydrogens is 310 g/mol. The van der Waals surface area contributed by atoms with E-state index < -0.39 is 0 Å². The minimum Gasteiger partial charge on any atom is -0.450 e. The van der Waals surface area contributed by atoms with E-state index in [4.69, 9.17) is 4.74 Å². The Hall–Kier alpha value is -2.32. The van der Waals surface area contributed by atoms with Gasteiger partial charge < -0.3 is 20.3 Å². The average Bonchev–Trinajstić information content (AvgIpc) is 2.99. The van der Waals surface area contributed by atoms with Gasteiger partial charge in [-0.3, -0.25) is 4.68 Å². The number of ether oxygens (including phenoxy) is 1. The van der Waals surface area contributed by atoms with Crippen molar-refractivity contribution >= 4 is 12.1 Å². The Labute approximate surface area is 142 Å². The van der Waals surface area contributed by atoms with Crippen molar-refractivity contribution in [3.8, 4) is 0 Å². The van der Waals surface area contributed by atoms with Crippen LogP contribution in [0.4, 0.5) is 4.79 Å². The highest BCUT2D eigenvalue weighted by Crippen LogP contribution is 2.11. The number of aromatic nitrogens is 3. The van der Waals surface area contributed by atoms with Gasteiger partial charge in [-0.25, -0.2) is 14.8 Å². The maximum Gasteiger partial charge on any atom is 0.409 e. The third-order valence-electron chi connectivity index (χ3n) is 3.89. The number of amides is 1. The highest BCUT2D eigenvalue weighted by Gasteiger charge is 2.24. The second-order valence-electron chi connectivity index (χ2n) is 5.60. The van der Waals surface area contributed by atoms with Gasteiger partial charge in [-0.1, -0.05) is 0 Å². The number of aryl methyl sites for hydroxylation is 1. The summed E-state index contributed by atoms with van der Waals surface area (Å²) in [7, 11) is 1.85. The van der Waals surface area contributed by atoms with E-state index in [1.54, 1.807) is 9.58 Å². The van der Waals surface area contributed by atoms with Crippen LogP contribution < -0.4 is 10.6 Å². The lowest BCUT2D eigenvalue weighted by Gasteiger charge is -2.32. The molecule has 1 amide bonds. The second kappa shape index (κ2) is 9.09. The monoisotopic (exact) mass is 337 g/mol. The molecule has 1 aliphatic rings.